The second-order valence-electron chi connectivity index (χ2n) is 4.29. The molecule has 4 heteroatoms. The number of rotatable bonds is 4. The molecule has 1 aromatic heterocycles. The summed E-state index contributed by atoms with van der Waals surface area (Å²) in [6, 6.07) is 6.74. The molecule has 0 radical (unpaired) electrons. The van der Waals surface area contributed by atoms with Crippen LogP contribution in [0.2, 0.25) is 0 Å². The molecule has 0 aliphatic carbocycles. The maximum Gasteiger partial charge on any atom is 0.326 e. The minimum absolute atomic E-state index is 0.0507. The Labute approximate surface area is 105 Å². The number of nitrogens with zero attached hydrogens (tertiary/aromatic N) is 1. The number of fused-ring (bicyclic) bond motifs is 1. The molecule has 0 bridgehead atoms. The van der Waals surface area contributed by atoms with Crippen LogP contribution in [0, 0.1) is 0 Å². The molecule has 1 N–H and O–H groups in total. The van der Waals surface area contributed by atoms with Gasteiger partial charge in [0.25, 0.3) is 0 Å². The Balaban J connectivity index is 2.71. The first-order valence-corrected chi connectivity index (χ1v) is 5.89. The minimum Gasteiger partial charge on any atom is -0.480 e. The van der Waals surface area contributed by atoms with Crippen molar-refractivity contribution in [3.05, 3.63) is 36.0 Å². The Kier molecular flexibility index (Phi) is 3.19. The van der Waals surface area contributed by atoms with Gasteiger partial charge < -0.3 is 9.67 Å². The molecule has 18 heavy (non-hydrogen) atoms. The predicted octanol–water partition coefficient (Wildman–Crippen LogP) is 2.88. The molecule has 0 unspecified atom stereocenters. The number of ketones is 1. The van der Waals surface area contributed by atoms with Crippen molar-refractivity contribution in [2.24, 2.45) is 0 Å². The van der Waals surface area contributed by atoms with Crippen LogP contribution < -0.4 is 0 Å². The van der Waals surface area contributed by atoms with Gasteiger partial charge in [-0.05, 0) is 19.4 Å². The van der Waals surface area contributed by atoms with Gasteiger partial charge in [-0.2, -0.15) is 0 Å². The topological polar surface area (TPSA) is 59.3 Å². The van der Waals surface area contributed by atoms with Gasteiger partial charge in [-0.1, -0.05) is 25.1 Å². The van der Waals surface area contributed by atoms with Crippen LogP contribution in [0.25, 0.3) is 10.9 Å². The van der Waals surface area contributed by atoms with E-state index in [0.29, 0.717) is 12.0 Å². The highest BCUT2D eigenvalue weighted by molar-refractivity contribution is 6.07. The lowest BCUT2D eigenvalue weighted by atomic mass is 10.1. The Morgan fingerprint density at radius 3 is 2.56 bits per heavy atom. The van der Waals surface area contributed by atoms with Crippen LogP contribution in [-0.2, 0) is 4.79 Å². The van der Waals surface area contributed by atoms with Gasteiger partial charge in [0.15, 0.2) is 5.78 Å². The Morgan fingerprint density at radius 1 is 1.33 bits per heavy atom. The summed E-state index contributed by atoms with van der Waals surface area (Å²) in [6.07, 6.45) is 2.13. The maximum atomic E-state index is 11.6. The van der Waals surface area contributed by atoms with Gasteiger partial charge >= 0.3 is 5.97 Å². The molecule has 4 nitrogen and oxygen atoms in total. The van der Waals surface area contributed by atoms with Crippen molar-refractivity contribution < 1.29 is 14.7 Å². The highest BCUT2D eigenvalue weighted by atomic mass is 16.4. The fourth-order valence-corrected chi connectivity index (χ4v) is 2.23. The summed E-state index contributed by atoms with van der Waals surface area (Å²) in [5.41, 5.74) is 1.36. The molecular formula is C14H15NO3. The molecule has 0 fully saturated rings. The molecule has 1 aromatic carbocycles. The third kappa shape index (κ3) is 1.90. The van der Waals surface area contributed by atoms with Gasteiger partial charge in [0.2, 0.25) is 0 Å². The summed E-state index contributed by atoms with van der Waals surface area (Å²) >= 11 is 0. The fourth-order valence-electron chi connectivity index (χ4n) is 2.23. The van der Waals surface area contributed by atoms with Crippen LogP contribution in [0.5, 0.6) is 0 Å². The van der Waals surface area contributed by atoms with E-state index < -0.39 is 12.0 Å². The number of benzene rings is 1. The summed E-state index contributed by atoms with van der Waals surface area (Å²) in [5, 5.41) is 10.0. The molecule has 0 saturated heterocycles. The molecule has 0 spiro atoms. The normalized spacial score (nSPS) is 12.6. The van der Waals surface area contributed by atoms with Crippen LogP contribution in [0.1, 0.15) is 36.7 Å². The van der Waals surface area contributed by atoms with E-state index >= 15 is 0 Å². The number of hydrogen-bond acceptors (Lipinski definition) is 2. The number of para-hydroxylation sites is 1. The van der Waals surface area contributed by atoms with Crippen LogP contribution >= 0.6 is 0 Å². The first kappa shape index (κ1) is 12.4. The van der Waals surface area contributed by atoms with Crippen LogP contribution in [-0.4, -0.2) is 21.4 Å². The molecule has 1 heterocycles. The Morgan fingerprint density at radius 2 is 2.00 bits per heavy atom. The highest BCUT2D eigenvalue weighted by Crippen LogP contribution is 2.26. The highest BCUT2D eigenvalue weighted by Gasteiger charge is 2.21. The molecule has 0 aliphatic heterocycles. The van der Waals surface area contributed by atoms with Gasteiger partial charge in [0.05, 0.1) is 0 Å². The minimum atomic E-state index is -0.881. The van der Waals surface area contributed by atoms with Crippen molar-refractivity contribution in [2.45, 2.75) is 26.3 Å². The monoisotopic (exact) mass is 245 g/mol. The van der Waals surface area contributed by atoms with E-state index in [4.69, 9.17) is 0 Å². The first-order chi connectivity index (χ1) is 8.56. The van der Waals surface area contributed by atoms with E-state index in [0.717, 1.165) is 10.9 Å². The third-order valence-corrected chi connectivity index (χ3v) is 3.13. The van der Waals surface area contributed by atoms with E-state index in [1.807, 2.05) is 31.2 Å². The van der Waals surface area contributed by atoms with Crippen molar-refractivity contribution in [3.63, 3.8) is 0 Å². The lowest BCUT2D eigenvalue weighted by molar-refractivity contribution is -0.140. The second-order valence-corrected chi connectivity index (χ2v) is 4.29. The van der Waals surface area contributed by atoms with E-state index in [1.165, 1.54) is 6.92 Å². The van der Waals surface area contributed by atoms with Crippen LogP contribution in [0.3, 0.4) is 0 Å². The predicted molar refractivity (Wildman–Crippen MR) is 68.9 cm³/mol. The van der Waals surface area contributed by atoms with Gasteiger partial charge in [-0.25, -0.2) is 4.79 Å². The quantitative estimate of drug-likeness (QED) is 0.842. The average molecular weight is 245 g/mol. The molecule has 1 atom stereocenters. The zero-order chi connectivity index (χ0) is 13.3. The van der Waals surface area contributed by atoms with Crippen molar-refractivity contribution >= 4 is 22.7 Å². The zero-order valence-electron chi connectivity index (χ0n) is 10.4. The van der Waals surface area contributed by atoms with E-state index in [9.17, 15) is 14.7 Å². The Hall–Kier alpha value is -2.10. The smallest absolute Gasteiger partial charge is 0.326 e. The van der Waals surface area contributed by atoms with Gasteiger partial charge in [0, 0.05) is 22.7 Å². The van der Waals surface area contributed by atoms with E-state index in [2.05, 4.69) is 0 Å². The zero-order valence-corrected chi connectivity index (χ0v) is 10.4. The van der Waals surface area contributed by atoms with E-state index in [1.54, 1.807) is 10.8 Å². The third-order valence-electron chi connectivity index (χ3n) is 3.13. The summed E-state index contributed by atoms with van der Waals surface area (Å²) in [7, 11) is 0. The lowest BCUT2D eigenvalue weighted by Gasteiger charge is -2.13. The molecule has 94 valence electrons. The molecule has 0 amide bonds. The first-order valence-electron chi connectivity index (χ1n) is 5.89. The number of carboxylic acid groups (broad SMARTS) is 1. The summed E-state index contributed by atoms with van der Waals surface area (Å²) in [4.78, 5) is 22.8. The largest absolute Gasteiger partial charge is 0.480 e. The number of aromatic nitrogens is 1. The summed E-state index contributed by atoms with van der Waals surface area (Å²) in [5.74, 6) is -0.932. The number of carboxylic acids is 1. The van der Waals surface area contributed by atoms with Crippen LogP contribution in [0.4, 0.5) is 0 Å². The summed E-state index contributed by atoms with van der Waals surface area (Å²) in [6.45, 7) is 3.31. The number of aliphatic carboxylic acids is 1. The van der Waals surface area contributed by atoms with Crippen molar-refractivity contribution in [1.29, 1.82) is 0 Å². The van der Waals surface area contributed by atoms with Crippen molar-refractivity contribution in [2.75, 3.05) is 0 Å². The SMILES string of the molecule is CC[C@@H](C(=O)O)n1cc(C(C)=O)c2ccccc21. The van der Waals surface area contributed by atoms with E-state index in [-0.39, 0.29) is 5.78 Å². The molecule has 0 aliphatic rings. The number of carbonyl (C=O) groups is 2. The second kappa shape index (κ2) is 4.64. The van der Waals surface area contributed by atoms with Crippen LogP contribution in [0.15, 0.2) is 30.5 Å². The van der Waals surface area contributed by atoms with Crippen molar-refractivity contribution in [1.82, 2.24) is 4.57 Å². The van der Waals surface area contributed by atoms with Gasteiger partial charge in [0.1, 0.15) is 6.04 Å². The maximum absolute atomic E-state index is 11.6. The Bertz CT molecular complexity index is 613. The summed E-state index contributed by atoms with van der Waals surface area (Å²) < 4.78 is 1.67. The van der Waals surface area contributed by atoms with Gasteiger partial charge in [-0.3, -0.25) is 4.79 Å². The number of Topliss-reactive ketones (excluding diaryl/α,β-unsaturated/α-hetero) is 1. The molecule has 2 rings (SSSR count). The number of carbonyl (C=O) groups excluding carboxylic acids is 1. The standard InChI is InChI=1S/C14H15NO3/c1-3-12(14(17)18)15-8-11(9(2)16)10-6-4-5-7-13(10)15/h4-8,12H,3H2,1-2H3,(H,17,18)/t12-/m0/s1. The molecule has 2 aromatic rings. The number of hydrogen-bond donors (Lipinski definition) is 1. The average Bonchev–Trinajstić information content (AvgIpc) is 2.70. The van der Waals surface area contributed by atoms with Gasteiger partial charge in [-0.15, -0.1) is 0 Å². The lowest BCUT2D eigenvalue weighted by Crippen LogP contribution is -2.17. The fraction of sp³-hybridized carbons (Fsp3) is 0.286. The molecule has 0 saturated carbocycles. The molecular weight excluding hydrogens is 230 g/mol. The van der Waals surface area contributed by atoms with Crippen molar-refractivity contribution in [3.8, 4) is 0 Å².